The molecular formula is C12H19N5O2S. The van der Waals surface area contributed by atoms with Gasteiger partial charge >= 0.3 is 0 Å². The number of methoxy groups -OCH3 is 1. The van der Waals surface area contributed by atoms with Gasteiger partial charge in [-0.25, -0.2) is 0 Å². The van der Waals surface area contributed by atoms with Gasteiger partial charge < -0.3 is 15.0 Å². The Bertz CT molecular complexity index is 457. The summed E-state index contributed by atoms with van der Waals surface area (Å²) in [6.45, 7) is 4.08. The van der Waals surface area contributed by atoms with Gasteiger partial charge in [0.15, 0.2) is 0 Å². The fraction of sp³-hybridized carbons (Fsp3) is 0.667. The van der Waals surface area contributed by atoms with E-state index in [1.54, 1.807) is 12.0 Å². The van der Waals surface area contributed by atoms with Gasteiger partial charge in [0.2, 0.25) is 10.1 Å². The normalized spacial score (nSPS) is 10.1. The maximum Gasteiger partial charge on any atom is 0.285 e. The van der Waals surface area contributed by atoms with Crippen molar-refractivity contribution >= 4 is 22.4 Å². The van der Waals surface area contributed by atoms with Crippen molar-refractivity contribution in [3.63, 3.8) is 0 Å². The first-order chi connectivity index (χ1) is 9.72. The summed E-state index contributed by atoms with van der Waals surface area (Å²) >= 11 is 1.23. The Morgan fingerprint density at radius 1 is 1.50 bits per heavy atom. The lowest BCUT2D eigenvalue weighted by atomic mass is 10.4. The zero-order chi connectivity index (χ0) is 14.8. The molecule has 1 N–H and O–H groups in total. The average molecular weight is 297 g/mol. The third-order valence-electron chi connectivity index (χ3n) is 2.48. The summed E-state index contributed by atoms with van der Waals surface area (Å²) in [7, 11) is 1.57. The summed E-state index contributed by atoms with van der Waals surface area (Å²) in [4.78, 5) is 13.9. The van der Waals surface area contributed by atoms with Crippen molar-refractivity contribution < 1.29 is 9.53 Å². The molecule has 0 saturated carbocycles. The second-order valence-electron chi connectivity index (χ2n) is 4.03. The second-order valence-corrected chi connectivity index (χ2v) is 5.01. The molecule has 20 heavy (non-hydrogen) atoms. The molecule has 0 saturated heterocycles. The Labute approximate surface area is 122 Å². The first-order valence-corrected chi connectivity index (χ1v) is 7.27. The standard InChI is InChI=1S/C12H19N5O2S/c1-3-6-14-12-16-15-10(20-12)11(18)17(7-4-5-13)8-9-19-2/h3-4,6-9H2,1-2H3,(H,14,16). The minimum absolute atomic E-state index is 0.209. The first-order valence-electron chi connectivity index (χ1n) is 6.45. The van der Waals surface area contributed by atoms with Gasteiger partial charge in [0.05, 0.1) is 19.1 Å². The molecule has 1 heterocycles. The highest BCUT2D eigenvalue weighted by Gasteiger charge is 2.19. The zero-order valence-corrected chi connectivity index (χ0v) is 12.6. The summed E-state index contributed by atoms with van der Waals surface area (Å²) in [5.74, 6) is -0.209. The van der Waals surface area contributed by atoms with Gasteiger partial charge in [-0.15, -0.1) is 10.2 Å². The van der Waals surface area contributed by atoms with E-state index in [1.807, 2.05) is 6.07 Å². The van der Waals surface area contributed by atoms with E-state index >= 15 is 0 Å². The Balaban J connectivity index is 2.67. The van der Waals surface area contributed by atoms with Crippen LogP contribution in [0.5, 0.6) is 0 Å². The van der Waals surface area contributed by atoms with E-state index in [-0.39, 0.29) is 12.3 Å². The number of nitriles is 1. The molecule has 0 bridgehead atoms. The number of ether oxygens (including phenoxy) is 1. The van der Waals surface area contributed by atoms with Crippen LogP contribution in [0.25, 0.3) is 0 Å². The van der Waals surface area contributed by atoms with E-state index < -0.39 is 0 Å². The Hall–Kier alpha value is -1.72. The highest BCUT2D eigenvalue weighted by atomic mass is 32.1. The molecule has 0 aliphatic carbocycles. The molecule has 0 unspecified atom stereocenters. The van der Waals surface area contributed by atoms with Gasteiger partial charge in [-0.3, -0.25) is 4.79 Å². The van der Waals surface area contributed by atoms with Gasteiger partial charge in [0.1, 0.15) is 0 Å². The van der Waals surface area contributed by atoms with Crippen molar-refractivity contribution in [2.24, 2.45) is 0 Å². The molecule has 0 spiro atoms. The van der Waals surface area contributed by atoms with E-state index in [4.69, 9.17) is 10.00 Å². The fourth-order valence-electron chi connectivity index (χ4n) is 1.45. The van der Waals surface area contributed by atoms with E-state index in [0.29, 0.717) is 29.8 Å². The van der Waals surface area contributed by atoms with Crippen LogP contribution in [0, 0.1) is 11.3 Å². The highest BCUT2D eigenvalue weighted by molar-refractivity contribution is 7.17. The van der Waals surface area contributed by atoms with Gasteiger partial charge in [0, 0.05) is 26.7 Å². The number of nitrogens with one attached hydrogen (secondary N) is 1. The number of hydrogen-bond donors (Lipinski definition) is 1. The van der Waals surface area contributed by atoms with Gasteiger partial charge in [-0.05, 0) is 6.42 Å². The number of nitrogens with zero attached hydrogens (tertiary/aromatic N) is 4. The lowest BCUT2D eigenvalue weighted by Gasteiger charge is -2.19. The van der Waals surface area contributed by atoms with Crippen LogP contribution in [-0.2, 0) is 4.74 Å². The molecule has 0 aliphatic rings. The number of anilines is 1. The molecule has 0 fully saturated rings. The molecule has 0 atom stereocenters. The number of aromatic nitrogens is 2. The third kappa shape index (κ3) is 5.11. The van der Waals surface area contributed by atoms with Crippen molar-refractivity contribution in [3.8, 4) is 6.07 Å². The van der Waals surface area contributed by atoms with Crippen LogP contribution in [0.2, 0.25) is 0 Å². The van der Waals surface area contributed by atoms with Gasteiger partial charge in [-0.1, -0.05) is 18.3 Å². The molecule has 1 rings (SSSR count). The number of rotatable bonds is 9. The van der Waals surface area contributed by atoms with E-state index in [0.717, 1.165) is 13.0 Å². The number of amides is 1. The molecule has 110 valence electrons. The highest BCUT2D eigenvalue weighted by Crippen LogP contribution is 2.17. The largest absolute Gasteiger partial charge is 0.383 e. The molecule has 1 aromatic heterocycles. The Morgan fingerprint density at radius 2 is 2.30 bits per heavy atom. The molecule has 0 aromatic carbocycles. The van der Waals surface area contributed by atoms with Crippen molar-refractivity contribution in [1.29, 1.82) is 5.26 Å². The average Bonchev–Trinajstić information content (AvgIpc) is 2.93. The van der Waals surface area contributed by atoms with Crippen LogP contribution < -0.4 is 5.32 Å². The first kappa shape index (κ1) is 16.3. The predicted octanol–water partition coefficient (Wildman–Crippen LogP) is 1.36. The molecule has 1 amide bonds. The summed E-state index contributed by atoms with van der Waals surface area (Å²) < 4.78 is 4.97. The minimum Gasteiger partial charge on any atom is -0.383 e. The van der Waals surface area contributed by atoms with Crippen LogP contribution in [0.4, 0.5) is 5.13 Å². The van der Waals surface area contributed by atoms with E-state index in [1.165, 1.54) is 11.3 Å². The molecule has 0 aliphatic heterocycles. The molecular weight excluding hydrogens is 278 g/mol. The maximum absolute atomic E-state index is 12.3. The minimum atomic E-state index is -0.209. The van der Waals surface area contributed by atoms with Crippen LogP contribution >= 0.6 is 11.3 Å². The van der Waals surface area contributed by atoms with E-state index in [2.05, 4.69) is 22.4 Å². The van der Waals surface area contributed by atoms with Crippen LogP contribution in [0.1, 0.15) is 29.6 Å². The third-order valence-corrected chi connectivity index (χ3v) is 3.35. The maximum atomic E-state index is 12.3. The quantitative estimate of drug-likeness (QED) is 0.740. The molecule has 0 radical (unpaired) electrons. The van der Waals surface area contributed by atoms with Crippen molar-refractivity contribution in [3.05, 3.63) is 5.01 Å². The predicted molar refractivity (Wildman–Crippen MR) is 76.7 cm³/mol. The molecule has 8 heteroatoms. The summed E-state index contributed by atoms with van der Waals surface area (Å²) in [5.41, 5.74) is 0. The smallest absolute Gasteiger partial charge is 0.285 e. The fourth-order valence-corrected chi connectivity index (χ4v) is 2.19. The monoisotopic (exact) mass is 297 g/mol. The van der Waals surface area contributed by atoms with Gasteiger partial charge in [-0.2, -0.15) is 5.26 Å². The van der Waals surface area contributed by atoms with Crippen LogP contribution in [0.15, 0.2) is 0 Å². The Morgan fingerprint density at radius 3 is 2.95 bits per heavy atom. The van der Waals surface area contributed by atoms with Crippen molar-refractivity contribution in [2.75, 3.05) is 38.7 Å². The Kier molecular flexibility index (Phi) is 7.54. The van der Waals surface area contributed by atoms with Gasteiger partial charge in [0.25, 0.3) is 5.91 Å². The number of carbonyl (C=O) groups is 1. The number of carbonyl (C=O) groups excluding carboxylic acids is 1. The van der Waals surface area contributed by atoms with Crippen LogP contribution in [0.3, 0.4) is 0 Å². The second kappa shape index (κ2) is 9.23. The SMILES string of the molecule is CCCNc1nnc(C(=O)N(CCC#N)CCOC)s1. The van der Waals surface area contributed by atoms with Crippen molar-refractivity contribution in [2.45, 2.75) is 19.8 Å². The van der Waals surface area contributed by atoms with E-state index in [9.17, 15) is 4.79 Å². The lowest BCUT2D eigenvalue weighted by molar-refractivity contribution is 0.0698. The summed E-state index contributed by atoms with van der Waals surface area (Å²) in [5, 5.41) is 20.5. The zero-order valence-electron chi connectivity index (χ0n) is 11.8. The summed E-state index contributed by atoms with van der Waals surface area (Å²) in [6.07, 6.45) is 1.26. The topological polar surface area (TPSA) is 91.1 Å². The van der Waals surface area contributed by atoms with Crippen molar-refractivity contribution in [1.82, 2.24) is 15.1 Å². The number of hydrogen-bond acceptors (Lipinski definition) is 7. The summed E-state index contributed by atoms with van der Waals surface area (Å²) in [6, 6.07) is 2.03. The molecule has 1 aromatic rings. The lowest BCUT2D eigenvalue weighted by Crippen LogP contribution is -2.34. The molecule has 7 nitrogen and oxygen atoms in total. The van der Waals surface area contributed by atoms with Crippen LogP contribution in [-0.4, -0.2) is 54.4 Å².